The van der Waals surface area contributed by atoms with E-state index in [4.69, 9.17) is 0 Å². The van der Waals surface area contributed by atoms with Gasteiger partial charge in [-0.05, 0) is 34.1 Å². The number of rotatable bonds is 6. The van der Waals surface area contributed by atoms with Crippen LogP contribution in [0.1, 0.15) is 23.0 Å². The van der Waals surface area contributed by atoms with Gasteiger partial charge in [-0.25, -0.2) is 15.0 Å². The lowest BCUT2D eigenvalue weighted by molar-refractivity contribution is 0.0611. The maximum Gasteiger partial charge on any atom is 0.272 e. The van der Waals surface area contributed by atoms with Crippen molar-refractivity contribution in [1.29, 1.82) is 5.26 Å². The number of nitrogens with zero attached hydrogens (tertiary/aromatic N) is 8. The molecular formula is C23H22BrN9O. The first-order valence-corrected chi connectivity index (χ1v) is 11.7. The number of nitriles is 1. The van der Waals surface area contributed by atoms with Crippen LogP contribution in [0.25, 0.3) is 22.3 Å². The first-order valence-electron chi connectivity index (χ1n) is 10.9. The largest absolute Gasteiger partial charge is 0.346 e. The quantitative estimate of drug-likeness (QED) is 0.415. The van der Waals surface area contributed by atoms with E-state index in [1.807, 2.05) is 34.1 Å². The monoisotopic (exact) mass is 519 g/mol. The van der Waals surface area contributed by atoms with Crippen molar-refractivity contribution in [3.05, 3.63) is 59.5 Å². The second kappa shape index (κ2) is 9.70. The van der Waals surface area contributed by atoms with E-state index >= 15 is 0 Å². The average molecular weight is 520 g/mol. The Bertz CT molecular complexity index is 1330. The fourth-order valence-electron chi connectivity index (χ4n) is 4.21. The Kier molecular flexibility index (Phi) is 6.33. The summed E-state index contributed by atoms with van der Waals surface area (Å²) in [5.41, 5.74) is 2.91. The molecule has 1 atom stereocenters. The molecule has 10 nitrogen and oxygen atoms in total. The predicted molar refractivity (Wildman–Crippen MR) is 129 cm³/mol. The third-order valence-corrected chi connectivity index (χ3v) is 6.47. The van der Waals surface area contributed by atoms with Crippen molar-refractivity contribution in [2.24, 2.45) is 0 Å². The second-order valence-electron chi connectivity index (χ2n) is 8.14. The van der Waals surface area contributed by atoms with Crippen LogP contribution in [0, 0.1) is 11.3 Å². The van der Waals surface area contributed by atoms with Gasteiger partial charge in [-0.15, -0.1) is 0 Å². The van der Waals surface area contributed by atoms with Gasteiger partial charge in [0.05, 0.1) is 30.4 Å². The van der Waals surface area contributed by atoms with Crippen LogP contribution in [0.15, 0.2) is 53.8 Å². The van der Waals surface area contributed by atoms with Crippen molar-refractivity contribution in [3.63, 3.8) is 0 Å². The van der Waals surface area contributed by atoms with Crippen LogP contribution < -0.4 is 0 Å². The number of hydrogen-bond donors (Lipinski definition) is 1. The Morgan fingerprint density at radius 2 is 2.00 bits per heavy atom. The molecule has 1 amide bonds. The second-order valence-corrected chi connectivity index (χ2v) is 9.06. The summed E-state index contributed by atoms with van der Waals surface area (Å²) in [7, 11) is 0. The summed E-state index contributed by atoms with van der Waals surface area (Å²) in [4.78, 5) is 32.8. The zero-order chi connectivity index (χ0) is 23.5. The van der Waals surface area contributed by atoms with E-state index in [1.165, 1.54) is 6.33 Å². The highest BCUT2D eigenvalue weighted by molar-refractivity contribution is 9.10. The molecule has 0 radical (unpaired) electrons. The number of H-pyrrole nitrogens is 1. The number of aromatic nitrogens is 6. The van der Waals surface area contributed by atoms with Gasteiger partial charge in [0.1, 0.15) is 17.7 Å². The van der Waals surface area contributed by atoms with Gasteiger partial charge in [-0.2, -0.15) is 10.4 Å². The number of aromatic amines is 1. The van der Waals surface area contributed by atoms with Crippen LogP contribution in [-0.2, 0) is 0 Å². The van der Waals surface area contributed by atoms with Gasteiger partial charge in [-0.1, -0.05) is 0 Å². The average Bonchev–Trinajstić information content (AvgIpc) is 3.54. The van der Waals surface area contributed by atoms with Crippen LogP contribution in [0.3, 0.4) is 0 Å². The maximum absolute atomic E-state index is 12.7. The molecule has 1 aliphatic rings. The predicted octanol–water partition coefficient (Wildman–Crippen LogP) is 2.89. The van der Waals surface area contributed by atoms with E-state index in [0.717, 1.165) is 39.9 Å². The summed E-state index contributed by atoms with van der Waals surface area (Å²) < 4.78 is 2.69. The lowest BCUT2D eigenvalue weighted by Crippen LogP contribution is -2.50. The smallest absolute Gasteiger partial charge is 0.272 e. The molecule has 4 aromatic heterocycles. The maximum atomic E-state index is 12.7. The van der Waals surface area contributed by atoms with Gasteiger partial charge < -0.3 is 9.88 Å². The summed E-state index contributed by atoms with van der Waals surface area (Å²) >= 11 is 3.34. The van der Waals surface area contributed by atoms with Crippen molar-refractivity contribution in [1.82, 2.24) is 39.5 Å². The molecule has 0 aliphatic carbocycles. The summed E-state index contributed by atoms with van der Waals surface area (Å²) in [5.74, 6) is -0.0571. The zero-order valence-electron chi connectivity index (χ0n) is 18.3. The summed E-state index contributed by atoms with van der Waals surface area (Å²) in [5, 5.41) is 14.9. The third-order valence-electron chi connectivity index (χ3n) is 6.00. The number of pyridine rings is 1. The molecule has 0 spiro atoms. The molecule has 1 unspecified atom stereocenters. The normalized spacial score (nSPS) is 15.4. The number of hydrogen-bond acceptors (Lipinski definition) is 7. The molecule has 11 heteroatoms. The van der Waals surface area contributed by atoms with Crippen LogP contribution >= 0.6 is 15.9 Å². The molecule has 0 bridgehead atoms. The number of halogens is 1. The molecule has 1 N–H and O–H groups in total. The van der Waals surface area contributed by atoms with Gasteiger partial charge in [-0.3, -0.25) is 14.4 Å². The van der Waals surface area contributed by atoms with Gasteiger partial charge >= 0.3 is 0 Å². The lowest BCUT2D eigenvalue weighted by atomic mass is 10.1. The number of carbonyl (C=O) groups excluding carboxylic acids is 1. The molecule has 5 rings (SSSR count). The minimum Gasteiger partial charge on any atom is -0.346 e. The van der Waals surface area contributed by atoms with Gasteiger partial charge in [0, 0.05) is 66.7 Å². The Morgan fingerprint density at radius 1 is 1.15 bits per heavy atom. The highest BCUT2D eigenvalue weighted by Gasteiger charge is 2.25. The Labute approximate surface area is 204 Å². The van der Waals surface area contributed by atoms with Crippen molar-refractivity contribution in [2.45, 2.75) is 12.5 Å². The number of fused-ring (bicyclic) bond motifs is 1. The Hall–Kier alpha value is -3.62. The molecule has 34 heavy (non-hydrogen) atoms. The fraction of sp³-hybridized carbons (Fsp3) is 0.304. The topological polar surface area (TPSA) is 120 Å². The molecule has 0 saturated carbocycles. The first-order chi connectivity index (χ1) is 16.6. The minimum absolute atomic E-state index is 0.0571. The molecule has 5 heterocycles. The Morgan fingerprint density at radius 3 is 2.76 bits per heavy atom. The highest BCUT2D eigenvalue weighted by Crippen LogP contribution is 2.26. The minimum atomic E-state index is -0.0994. The van der Waals surface area contributed by atoms with E-state index in [0.29, 0.717) is 31.7 Å². The molecule has 1 fully saturated rings. The standard InChI is InChI=1S/C23H22BrN9O/c24-17-1-2-20(27-12-17)23(34)32-9-7-31(8-10-32)14-18(3-5-25)33-13-16(11-30-33)21-19-4-6-26-22(19)29-15-28-21/h1-2,4,6,11-13,15,18H,3,7-10,14H2,(H,26,28,29). The lowest BCUT2D eigenvalue weighted by Gasteiger charge is -2.36. The number of piperazine rings is 1. The van der Waals surface area contributed by atoms with Gasteiger partial charge in [0.2, 0.25) is 0 Å². The molecule has 4 aromatic rings. The number of carbonyl (C=O) groups is 1. The fourth-order valence-corrected chi connectivity index (χ4v) is 4.44. The number of nitrogens with one attached hydrogen (secondary N) is 1. The molecule has 0 aromatic carbocycles. The van der Waals surface area contributed by atoms with Crippen molar-refractivity contribution in [2.75, 3.05) is 32.7 Å². The van der Waals surface area contributed by atoms with Crippen LogP contribution in [-0.4, -0.2) is 78.1 Å². The SMILES string of the molecule is N#CCC(CN1CCN(C(=O)c2ccc(Br)cn2)CC1)n1cc(-c2ncnc3[nH]ccc23)cn1. The molecule has 172 valence electrons. The van der Waals surface area contributed by atoms with Crippen LogP contribution in [0.5, 0.6) is 0 Å². The molecule has 1 saturated heterocycles. The highest BCUT2D eigenvalue weighted by atomic mass is 79.9. The summed E-state index contributed by atoms with van der Waals surface area (Å²) in [6.45, 7) is 3.37. The van der Waals surface area contributed by atoms with Crippen LogP contribution in [0.2, 0.25) is 0 Å². The van der Waals surface area contributed by atoms with Crippen molar-refractivity contribution in [3.8, 4) is 17.3 Å². The third kappa shape index (κ3) is 4.55. The summed E-state index contributed by atoms with van der Waals surface area (Å²) in [6.07, 6.45) is 9.06. The van der Waals surface area contributed by atoms with Crippen LogP contribution in [0.4, 0.5) is 0 Å². The van der Waals surface area contributed by atoms with Gasteiger partial charge in [0.15, 0.2) is 0 Å². The van der Waals surface area contributed by atoms with Crippen molar-refractivity contribution < 1.29 is 4.79 Å². The van der Waals surface area contributed by atoms with E-state index in [-0.39, 0.29) is 11.9 Å². The first kappa shape index (κ1) is 22.2. The van der Waals surface area contributed by atoms with E-state index < -0.39 is 0 Å². The van der Waals surface area contributed by atoms with Crippen molar-refractivity contribution >= 4 is 32.9 Å². The Balaban J connectivity index is 1.25. The summed E-state index contributed by atoms with van der Waals surface area (Å²) in [6, 6.07) is 7.69. The molecular weight excluding hydrogens is 498 g/mol. The van der Waals surface area contributed by atoms with Gasteiger partial charge in [0.25, 0.3) is 5.91 Å². The molecule has 1 aliphatic heterocycles. The van der Waals surface area contributed by atoms with E-state index in [1.54, 1.807) is 18.5 Å². The number of amides is 1. The zero-order valence-corrected chi connectivity index (χ0v) is 19.9. The van der Waals surface area contributed by atoms with E-state index in [9.17, 15) is 10.1 Å². The van der Waals surface area contributed by atoms with E-state index in [2.05, 4.69) is 51.9 Å².